The smallest absolute Gasteiger partial charge is 0.254 e. The van der Waals surface area contributed by atoms with Gasteiger partial charge in [-0.15, -0.1) is 11.3 Å². The van der Waals surface area contributed by atoms with Gasteiger partial charge in [-0.3, -0.25) is 9.78 Å². The number of aryl methyl sites for hydroxylation is 1. The van der Waals surface area contributed by atoms with Crippen molar-refractivity contribution in [3.63, 3.8) is 0 Å². The van der Waals surface area contributed by atoms with Gasteiger partial charge in [-0.1, -0.05) is 23.2 Å². The number of thiophene rings is 1. The van der Waals surface area contributed by atoms with E-state index < -0.39 is 0 Å². The molecule has 1 N–H and O–H groups in total. The third-order valence-electron chi connectivity index (χ3n) is 2.52. The van der Waals surface area contributed by atoms with Crippen molar-refractivity contribution in [2.45, 2.75) is 13.3 Å². The van der Waals surface area contributed by atoms with Crippen molar-refractivity contribution < 1.29 is 4.79 Å². The fourth-order valence-corrected chi connectivity index (χ4v) is 2.95. The Morgan fingerprint density at radius 2 is 2.21 bits per heavy atom. The highest BCUT2D eigenvalue weighted by molar-refractivity contribution is 7.16. The fourth-order valence-electron chi connectivity index (χ4n) is 1.57. The van der Waals surface area contributed by atoms with Crippen molar-refractivity contribution in [2.75, 3.05) is 6.54 Å². The molecule has 2 heterocycles. The Morgan fingerprint density at radius 1 is 1.42 bits per heavy atom. The quantitative estimate of drug-likeness (QED) is 0.934. The number of amides is 1. The normalized spacial score (nSPS) is 10.5. The summed E-state index contributed by atoms with van der Waals surface area (Å²) in [7, 11) is 0. The summed E-state index contributed by atoms with van der Waals surface area (Å²) in [5, 5.41) is 3.24. The predicted molar refractivity (Wildman–Crippen MR) is 79.4 cm³/mol. The fraction of sp³-hybridized carbons (Fsp3) is 0.231. The van der Waals surface area contributed by atoms with Crippen LogP contribution in [0.3, 0.4) is 0 Å². The number of halogens is 2. The molecule has 0 spiro atoms. The molecule has 0 atom stereocenters. The topological polar surface area (TPSA) is 42.0 Å². The molecule has 19 heavy (non-hydrogen) atoms. The van der Waals surface area contributed by atoms with Gasteiger partial charge in [0, 0.05) is 23.3 Å². The summed E-state index contributed by atoms with van der Waals surface area (Å²) in [6.45, 7) is 2.37. The van der Waals surface area contributed by atoms with Crippen LogP contribution in [0.4, 0.5) is 0 Å². The lowest BCUT2D eigenvalue weighted by Gasteiger charge is -2.06. The Morgan fingerprint density at radius 3 is 2.84 bits per heavy atom. The number of hydrogen-bond donors (Lipinski definition) is 1. The minimum atomic E-state index is -0.208. The van der Waals surface area contributed by atoms with Crippen LogP contribution in [-0.4, -0.2) is 17.4 Å². The van der Waals surface area contributed by atoms with Crippen LogP contribution in [0.25, 0.3) is 0 Å². The van der Waals surface area contributed by atoms with Crippen LogP contribution < -0.4 is 5.32 Å². The van der Waals surface area contributed by atoms with Crippen molar-refractivity contribution in [1.82, 2.24) is 10.3 Å². The van der Waals surface area contributed by atoms with Gasteiger partial charge < -0.3 is 5.32 Å². The first-order valence-corrected chi connectivity index (χ1v) is 7.28. The molecule has 0 radical (unpaired) electrons. The molecule has 2 aromatic rings. The molecule has 6 heteroatoms. The van der Waals surface area contributed by atoms with Gasteiger partial charge in [0.1, 0.15) is 0 Å². The van der Waals surface area contributed by atoms with Crippen molar-refractivity contribution in [1.29, 1.82) is 0 Å². The number of nitrogens with zero attached hydrogens (tertiary/aromatic N) is 1. The van der Waals surface area contributed by atoms with E-state index in [2.05, 4.69) is 10.3 Å². The second-order valence-corrected chi connectivity index (χ2v) is 6.22. The van der Waals surface area contributed by atoms with Crippen LogP contribution in [0.15, 0.2) is 24.4 Å². The zero-order valence-corrected chi connectivity index (χ0v) is 12.6. The van der Waals surface area contributed by atoms with Gasteiger partial charge in [0.2, 0.25) is 0 Å². The summed E-state index contributed by atoms with van der Waals surface area (Å²) in [5.74, 6) is -0.208. The van der Waals surface area contributed by atoms with Gasteiger partial charge in [0.05, 0.1) is 14.9 Å². The van der Waals surface area contributed by atoms with Crippen LogP contribution in [0, 0.1) is 6.92 Å². The number of carbonyl (C=O) groups excluding carboxylic acids is 1. The number of pyridine rings is 1. The molecule has 3 nitrogen and oxygen atoms in total. The lowest BCUT2D eigenvalue weighted by atomic mass is 10.2. The molecule has 0 aliphatic heterocycles. The van der Waals surface area contributed by atoms with Gasteiger partial charge in [-0.2, -0.15) is 0 Å². The molecule has 0 saturated carbocycles. The molecule has 0 unspecified atom stereocenters. The first-order chi connectivity index (χ1) is 9.06. The van der Waals surface area contributed by atoms with E-state index in [9.17, 15) is 4.79 Å². The van der Waals surface area contributed by atoms with Gasteiger partial charge in [-0.25, -0.2) is 0 Å². The van der Waals surface area contributed by atoms with Crippen molar-refractivity contribution in [3.05, 3.63) is 49.9 Å². The van der Waals surface area contributed by atoms with Gasteiger partial charge in [-0.05, 0) is 31.5 Å². The Labute approximate surface area is 125 Å². The van der Waals surface area contributed by atoms with Gasteiger partial charge in [0.25, 0.3) is 5.91 Å². The van der Waals surface area contributed by atoms with E-state index >= 15 is 0 Å². The molecule has 0 aliphatic rings. The molecule has 0 bridgehead atoms. The third-order valence-corrected chi connectivity index (χ3v) is 4.12. The van der Waals surface area contributed by atoms with Crippen molar-refractivity contribution >= 4 is 40.4 Å². The first kappa shape index (κ1) is 14.3. The summed E-state index contributed by atoms with van der Waals surface area (Å²) in [6, 6.07) is 5.49. The van der Waals surface area contributed by atoms with Crippen LogP contribution in [0.1, 0.15) is 20.9 Å². The highest BCUT2D eigenvalue weighted by atomic mass is 35.5. The molecule has 2 aromatic heterocycles. The number of carbonyl (C=O) groups is 1. The van der Waals surface area contributed by atoms with E-state index in [0.717, 1.165) is 21.3 Å². The monoisotopic (exact) mass is 314 g/mol. The number of rotatable bonds is 4. The standard InChI is InChI=1S/C13H12Cl2N2OS/c1-8-6-11(14)10(7-17-8)13(18)16-5-4-9-2-3-12(15)19-9/h2-3,6-7H,4-5H2,1H3,(H,16,18). The predicted octanol–water partition coefficient (Wildman–Crippen LogP) is 3.73. The Balaban J connectivity index is 1.90. The minimum absolute atomic E-state index is 0.208. The minimum Gasteiger partial charge on any atom is -0.352 e. The van der Waals surface area contributed by atoms with E-state index in [0.29, 0.717) is 17.1 Å². The zero-order valence-electron chi connectivity index (χ0n) is 10.2. The van der Waals surface area contributed by atoms with Crippen LogP contribution in [0.5, 0.6) is 0 Å². The van der Waals surface area contributed by atoms with Crippen molar-refractivity contribution in [2.24, 2.45) is 0 Å². The average Bonchev–Trinajstić information content (AvgIpc) is 2.75. The zero-order chi connectivity index (χ0) is 13.8. The van der Waals surface area contributed by atoms with E-state index in [1.54, 1.807) is 6.07 Å². The van der Waals surface area contributed by atoms with E-state index in [1.807, 2.05) is 19.1 Å². The summed E-state index contributed by atoms with van der Waals surface area (Å²) < 4.78 is 0.757. The van der Waals surface area contributed by atoms with E-state index in [-0.39, 0.29) is 5.91 Å². The summed E-state index contributed by atoms with van der Waals surface area (Å²) in [4.78, 5) is 17.1. The summed E-state index contributed by atoms with van der Waals surface area (Å²) >= 11 is 13.4. The highest BCUT2D eigenvalue weighted by Gasteiger charge is 2.10. The molecule has 0 aliphatic carbocycles. The Kier molecular flexibility index (Phi) is 4.80. The number of nitrogens with one attached hydrogen (secondary N) is 1. The lowest BCUT2D eigenvalue weighted by Crippen LogP contribution is -2.26. The van der Waals surface area contributed by atoms with Gasteiger partial charge in [0.15, 0.2) is 0 Å². The molecule has 0 saturated heterocycles. The van der Waals surface area contributed by atoms with Crippen LogP contribution in [-0.2, 0) is 6.42 Å². The highest BCUT2D eigenvalue weighted by Crippen LogP contribution is 2.21. The lowest BCUT2D eigenvalue weighted by molar-refractivity contribution is 0.0954. The van der Waals surface area contributed by atoms with Crippen LogP contribution >= 0.6 is 34.5 Å². The molecular formula is C13H12Cl2N2OS. The molecule has 0 aromatic carbocycles. The molecule has 0 fully saturated rings. The molecule has 100 valence electrons. The van der Waals surface area contributed by atoms with Crippen LogP contribution in [0.2, 0.25) is 9.36 Å². The second kappa shape index (κ2) is 6.37. The Hall–Kier alpha value is -1.10. The van der Waals surface area contributed by atoms with Crippen molar-refractivity contribution in [3.8, 4) is 0 Å². The Bertz CT molecular complexity index is 598. The number of aromatic nitrogens is 1. The maximum atomic E-state index is 11.9. The maximum Gasteiger partial charge on any atom is 0.254 e. The first-order valence-electron chi connectivity index (χ1n) is 5.71. The summed E-state index contributed by atoms with van der Waals surface area (Å²) in [5.41, 5.74) is 1.19. The SMILES string of the molecule is Cc1cc(Cl)c(C(=O)NCCc2ccc(Cl)s2)cn1. The molecule has 2 rings (SSSR count). The number of hydrogen-bond acceptors (Lipinski definition) is 3. The van der Waals surface area contributed by atoms with Gasteiger partial charge >= 0.3 is 0 Å². The summed E-state index contributed by atoms with van der Waals surface area (Å²) in [6.07, 6.45) is 2.25. The largest absolute Gasteiger partial charge is 0.352 e. The van der Waals surface area contributed by atoms with E-state index in [4.69, 9.17) is 23.2 Å². The molecule has 1 amide bonds. The molecular weight excluding hydrogens is 303 g/mol. The second-order valence-electron chi connectivity index (χ2n) is 4.02. The third kappa shape index (κ3) is 3.93. The maximum absolute atomic E-state index is 11.9. The van der Waals surface area contributed by atoms with E-state index in [1.165, 1.54) is 17.5 Å². The average molecular weight is 315 g/mol.